The van der Waals surface area contributed by atoms with Crippen molar-refractivity contribution in [2.45, 2.75) is 6.92 Å². The van der Waals surface area contributed by atoms with Gasteiger partial charge in [-0.15, -0.1) is 0 Å². The van der Waals surface area contributed by atoms with Gasteiger partial charge in [0.1, 0.15) is 6.79 Å². The summed E-state index contributed by atoms with van der Waals surface area (Å²) in [7, 11) is 1.56. The first-order valence-electron chi connectivity index (χ1n) is 2.45. The maximum atomic E-state index is 4.71. The summed E-state index contributed by atoms with van der Waals surface area (Å²) in [5, 5.41) is 0. The molecule has 0 amide bonds. The minimum absolute atomic E-state index is 0.250. The molecule has 0 spiro atoms. The predicted molar refractivity (Wildman–Crippen MR) is 28.9 cm³/mol. The highest BCUT2D eigenvalue weighted by Crippen LogP contribution is 1.82. The van der Waals surface area contributed by atoms with Crippen LogP contribution in [0.3, 0.4) is 0 Å². The zero-order valence-corrected chi connectivity index (χ0v) is 5.22. The molecule has 0 heterocycles. The lowest BCUT2D eigenvalue weighted by molar-refractivity contribution is -0.0650. The van der Waals surface area contributed by atoms with E-state index in [1.165, 1.54) is 6.79 Å². The highest BCUT2D eigenvalue weighted by Gasteiger charge is 1.82. The van der Waals surface area contributed by atoms with Gasteiger partial charge in [0.25, 0.3) is 0 Å². The van der Waals surface area contributed by atoms with Gasteiger partial charge < -0.3 is 14.2 Å². The largest absolute Gasteiger partial charge is 0.359 e. The minimum atomic E-state index is 0.250. The molecule has 0 aliphatic heterocycles. The molecule has 0 aliphatic rings. The first-order chi connectivity index (χ1) is 3.91. The van der Waals surface area contributed by atoms with Crippen LogP contribution in [0.15, 0.2) is 0 Å². The SMILES string of the molecule is CCO[CH]OCOC. The van der Waals surface area contributed by atoms with Gasteiger partial charge in [0, 0.05) is 13.7 Å². The highest BCUT2D eigenvalue weighted by molar-refractivity contribution is 4.21. The van der Waals surface area contributed by atoms with E-state index in [-0.39, 0.29) is 6.79 Å². The average molecular weight is 119 g/mol. The van der Waals surface area contributed by atoms with Crippen molar-refractivity contribution in [3.05, 3.63) is 6.79 Å². The fourth-order valence-corrected chi connectivity index (χ4v) is 0.212. The van der Waals surface area contributed by atoms with Crippen molar-refractivity contribution >= 4 is 0 Å². The molecule has 0 saturated carbocycles. The molecule has 0 fully saturated rings. The lowest BCUT2D eigenvalue weighted by Crippen LogP contribution is -1.96. The first kappa shape index (κ1) is 7.88. The summed E-state index contributed by atoms with van der Waals surface area (Å²) < 4.78 is 13.9. The summed E-state index contributed by atoms with van der Waals surface area (Å²) >= 11 is 0. The van der Waals surface area contributed by atoms with Crippen LogP contribution in [0.1, 0.15) is 6.92 Å². The third-order valence-electron chi connectivity index (χ3n) is 0.489. The fraction of sp³-hybridized carbons (Fsp3) is 0.800. The zero-order chi connectivity index (χ0) is 6.24. The van der Waals surface area contributed by atoms with E-state index in [4.69, 9.17) is 4.74 Å². The van der Waals surface area contributed by atoms with E-state index < -0.39 is 0 Å². The average Bonchev–Trinajstić information content (AvgIpc) is 1.81. The van der Waals surface area contributed by atoms with Gasteiger partial charge in [-0.1, -0.05) is 0 Å². The van der Waals surface area contributed by atoms with Crippen LogP contribution < -0.4 is 0 Å². The van der Waals surface area contributed by atoms with Crippen LogP contribution in [0.4, 0.5) is 0 Å². The summed E-state index contributed by atoms with van der Waals surface area (Å²) in [5.41, 5.74) is 0. The molecular weight excluding hydrogens is 108 g/mol. The van der Waals surface area contributed by atoms with Crippen LogP contribution in [-0.4, -0.2) is 20.5 Å². The number of rotatable bonds is 5. The second-order valence-electron chi connectivity index (χ2n) is 1.12. The monoisotopic (exact) mass is 119 g/mol. The predicted octanol–water partition coefficient (Wildman–Crippen LogP) is 0.763. The van der Waals surface area contributed by atoms with Crippen LogP contribution in [0, 0.1) is 6.79 Å². The number of ether oxygens (including phenoxy) is 3. The third kappa shape index (κ3) is 5.88. The van der Waals surface area contributed by atoms with Crippen molar-refractivity contribution in [3.8, 4) is 0 Å². The molecule has 3 nitrogen and oxygen atoms in total. The van der Waals surface area contributed by atoms with E-state index in [1.807, 2.05) is 6.92 Å². The molecule has 0 atom stereocenters. The van der Waals surface area contributed by atoms with Gasteiger partial charge in [-0.3, -0.25) is 0 Å². The molecule has 3 heteroatoms. The Balaban J connectivity index is 2.53. The Labute approximate surface area is 49.5 Å². The van der Waals surface area contributed by atoms with Gasteiger partial charge in [-0.2, -0.15) is 0 Å². The molecule has 0 N–H and O–H groups in total. The molecule has 0 saturated heterocycles. The maximum absolute atomic E-state index is 4.71. The van der Waals surface area contributed by atoms with Gasteiger partial charge in [-0.25, -0.2) is 0 Å². The lowest BCUT2D eigenvalue weighted by Gasteiger charge is -1.98. The number of hydrogen-bond acceptors (Lipinski definition) is 3. The van der Waals surface area contributed by atoms with Gasteiger partial charge in [0.05, 0.1) is 0 Å². The number of hydrogen-bond donors (Lipinski definition) is 0. The summed E-state index contributed by atoms with van der Waals surface area (Å²) in [6.45, 7) is 4.03. The standard InChI is InChI=1S/C5H11O3/c1-3-7-5-8-4-6-2/h5H,3-4H2,1-2H3. The van der Waals surface area contributed by atoms with E-state index in [0.29, 0.717) is 6.61 Å². The topological polar surface area (TPSA) is 27.7 Å². The Morgan fingerprint density at radius 3 is 2.62 bits per heavy atom. The van der Waals surface area contributed by atoms with Gasteiger partial charge >= 0.3 is 0 Å². The van der Waals surface area contributed by atoms with E-state index >= 15 is 0 Å². The van der Waals surface area contributed by atoms with Crippen molar-refractivity contribution in [1.29, 1.82) is 0 Å². The molecule has 0 rings (SSSR count). The van der Waals surface area contributed by atoms with E-state index in [2.05, 4.69) is 9.47 Å². The minimum Gasteiger partial charge on any atom is -0.359 e. The molecule has 0 bridgehead atoms. The lowest BCUT2D eigenvalue weighted by atomic mass is 10.9. The normalized spacial score (nSPS) is 9.75. The van der Waals surface area contributed by atoms with Crippen molar-refractivity contribution in [3.63, 3.8) is 0 Å². The molecule has 8 heavy (non-hydrogen) atoms. The Hall–Kier alpha value is -0.120. The molecule has 0 aliphatic carbocycles. The quantitative estimate of drug-likeness (QED) is 0.395. The van der Waals surface area contributed by atoms with Crippen molar-refractivity contribution < 1.29 is 14.2 Å². The van der Waals surface area contributed by atoms with Crippen LogP contribution in [0.5, 0.6) is 0 Å². The molecule has 0 aromatic heterocycles. The molecule has 49 valence electrons. The smallest absolute Gasteiger partial charge is 0.211 e. The molecule has 0 aromatic carbocycles. The van der Waals surface area contributed by atoms with Crippen LogP contribution >= 0.6 is 0 Å². The molecule has 1 radical (unpaired) electrons. The van der Waals surface area contributed by atoms with E-state index in [9.17, 15) is 0 Å². The number of methoxy groups -OCH3 is 1. The zero-order valence-electron chi connectivity index (χ0n) is 5.22. The third-order valence-corrected chi connectivity index (χ3v) is 0.489. The second kappa shape index (κ2) is 6.88. The maximum Gasteiger partial charge on any atom is 0.211 e. The summed E-state index contributed by atoms with van der Waals surface area (Å²) in [5.74, 6) is 0. The van der Waals surface area contributed by atoms with E-state index in [0.717, 1.165) is 0 Å². The summed E-state index contributed by atoms with van der Waals surface area (Å²) in [4.78, 5) is 0. The van der Waals surface area contributed by atoms with Crippen LogP contribution in [-0.2, 0) is 14.2 Å². The molecule has 0 unspecified atom stereocenters. The Kier molecular flexibility index (Phi) is 6.78. The van der Waals surface area contributed by atoms with Gasteiger partial charge in [-0.05, 0) is 6.92 Å². The van der Waals surface area contributed by atoms with Gasteiger partial charge in [0.15, 0.2) is 0 Å². The highest BCUT2D eigenvalue weighted by atomic mass is 16.7. The van der Waals surface area contributed by atoms with Crippen LogP contribution in [0.2, 0.25) is 0 Å². The fourth-order valence-electron chi connectivity index (χ4n) is 0.212. The summed E-state index contributed by atoms with van der Waals surface area (Å²) in [6.07, 6.45) is 0. The molecular formula is C5H11O3. The molecule has 0 aromatic rings. The van der Waals surface area contributed by atoms with Crippen LogP contribution in [0.25, 0.3) is 0 Å². The first-order valence-corrected chi connectivity index (χ1v) is 2.45. The van der Waals surface area contributed by atoms with Crippen molar-refractivity contribution in [2.24, 2.45) is 0 Å². The second-order valence-corrected chi connectivity index (χ2v) is 1.12. The summed E-state index contributed by atoms with van der Waals surface area (Å²) in [6, 6.07) is 0. The Bertz CT molecular complexity index is 32.7. The van der Waals surface area contributed by atoms with Gasteiger partial charge in [0.2, 0.25) is 6.79 Å². The van der Waals surface area contributed by atoms with Crippen molar-refractivity contribution in [1.82, 2.24) is 0 Å². The Morgan fingerprint density at radius 2 is 2.12 bits per heavy atom. The Morgan fingerprint density at radius 1 is 1.38 bits per heavy atom. The van der Waals surface area contributed by atoms with Crippen molar-refractivity contribution in [2.75, 3.05) is 20.5 Å². The van der Waals surface area contributed by atoms with E-state index in [1.54, 1.807) is 7.11 Å².